The molecule has 0 bridgehead atoms. The third-order valence-electron chi connectivity index (χ3n) is 4.92. The standard InChI is InChI=1S/C19H16N8OS/c1-2-13-9-20-17(21-10-13)14-3-6-26(7-4-14)19-24-15-5-8-29(28)16(15)18(25-19)27-11-22-23-12-27/h1,3,9-12H,4-8H2/t29-/m0/s1. The lowest BCUT2D eigenvalue weighted by Crippen LogP contribution is -2.31. The highest BCUT2D eigenvalue weighted by Crippen LogP contribution is 2.30. The van der Waals surface area contributed by atoms with E-state index in [-0.39, 0.29) is 0 Å². The third-order valence-corrected chi connectivity index (χ3v) is 6.37. The van der Waals surface area contributed by atoms with Gasteiger partial charge in [-0.2, -0.15) is 4.98 Å². The van der Waals surface area contributed by atoms with Gasteiger partial charge in [-0.1, -0.05) is 12.0 Å². The van der Waals surface area contributed by atoms with Crippen LogP contribution in [0.5, 0.6) is 0 Å². The first-order valence-corrected chi connectivity index (χ1v) is 10.4. The van der Waals surface area contributed by atoms with Crippen LogP contribution in [-0.2, 0) is 17.2 Å². The highest BCUT2D eigenvalue weighted by atomic mass is 32.2. The number of fused-ring (bicyclic) bond motifs is 1. The summed E-state index contributed by atoms with van der Waals surface area (Å²) < 4.78 is 14.1. The molecule has 5 heterocycles. The molecule has 0 aliphatic carbocycles. The fraction of sp³-hybridized carbons (Fsp3) is 0.263. The van der Waals surface area contributed by atoms with Gasteiger partial charge in [0.05, 0.1) is 22.1 Å². The first kappa shape index (κ1) is 17.6. The van der Waals surface area contributed by atoms with Gasteiger partial charge in [0.15, 0.2) is 11.6 Å². The minimum atomic E-state index is -1.10. The number of aryl methyl sites for hydroxylation is 1. The van der Waals surface area contributed by atoms with Gasteiger partial charge in [0.2, 0.25) is 5.95 Å². The van der Waals surface area contributed by atoms with Crippen LogP contribution >= 0.6 is 0 Å². The summed E-state index contributed by atoms with van der Waals surface area (Å²) in [5.41, 5.74) is 2.57. The van der Waals surface area contributed by atoms with E-state index in [1.165, 1.54) is 0 Å². The minimum absolute atomic E-state index is 0.567. The van der Waals surface area contributed by atoms with Gasteiger partial charge in [-0.05, 0) is 12.0 Å². The number of rotatable bonds is 3. The van der Waals surface area contributed by atoms with Gasteiger partial charge in [-0.15, -0.1) is 16.6 Å². The summed E-state index contributed by atoms with van der Waals surface area (Å²) >= 11 is 0. The first-order chi connectivity index (χ1) is 14.2. The molecule has 29 heavy (non-hydrogen) atoms. The molecule has 2 aliphatic rings. The van der Waals surface area contributed by atoms with Crippen LogP contribution < -0.4 is 4.90 Å². The normalized spacial score (nSPS) is 18.2. The second kappa shape index (κ2) is 7.18. The van der Waals surface area contributed by atoms with Crippen molar-refractivity contribution < 1.29 is 4.21 Å². The maximum absolute atomic E-state index is 12.4. The molecule has 0 saturated heterocycles. The average Bonchev–Trinajstić information content (AvgIpc) is 3.44. The molecule has 0 radical (unpaired) electrons. The van der Waals surface area contributed by atoms with Crippen molar-refractivity contribution in [1.82, 2.24) is 34.7 Å². The van der Waals surface area contributed by atoms with Crippen molar-refractivity contribution in [3.8, 4) is 18.2 Å². The van der Waals surface area contributed by atoms with E-state index in [1.807, 2.05) is 0 Å². The molecule has 0 unspecified atom stereocenters. The van der Waals surface area contributed by atoms with Crippen molar-refractivity contribution in [2.75, 3.05) is 23.7 Å². The fourth-order valence-electron chi connectivity index (χ4n) is 3.41. The van der Waals surface area contributed by atoms with E-state index in [0.717, 1.165) is 24.2 Å². The minimum Gasteiger partial charge on any atom is -0.337 e. The molecular formula is C19H16N8OS. The Labute approximate surface area is 169 Å². The van der Waals surface area contributed by atoms with Gasteiger partial charge in [0, 0.05) is 37.7 Å². The lowest BCUT2D eigenvalue weighted by atomic mass is 10.1. The molecule has 0 amide bonds. The second-order valence-corrected chi connectivity index (χ2v) is 8.16. The molecule has 0 saturated carbocycles. The zero-order chi connectivity index (χ0) is 19.8. The first-order valence-electron chi connectivity index (χ1n) is 9.10. The second-order valence-electron chi connectivity index (χ2n) is 6.66. The van der Waals surface area contributed by atoms with Crippen LogP contribution in [0.25, 0.3) is 11.4 Å². The Morgan fingerprint density at radius 3 is 2.59 bits per heavy atom. The van der Waals surface area contributed by atoms with Crippen molar-refractivity contribution in [3.05, 3.63) is 48.2 Å². The predicted octanol–water partition coefficient (Wildman–Crippen LogP) is 0.786. The number of aromatic nitrogens is 7. The molecule has 3 aromatic heterocycles. The largest absolute Gasteiger partial charge is 0.337 e. The lowest BCUT2D eigenvalue weighted by molar-refractivity contribution is 0.684. The summed E-state index contributed by atoms with van der Waals surface area (Å²) in [6.07, 6.45) is 15.3. The molecule has 2 aliphatic heterocycles. The van der Waals surface area contributed by atoms with E-state index in [0.29, 0.717) is 46.8 Å². The summed E-state index contributed by atoms with van der Waals surface area (Å²) in [7, 11) is -1.10. The summed E-state index contributed by atoms with van der Waals surface area (Å²) in [5, 5.41) is 7.70. The number of hydrogen-bond acceptors (Lipinski definition) is 8. The van der Waals surface area contributed by atoms with E-state index in [2.05, 4.69) is 37.1 Å². The quantitative estimate of drug-likeness (QED) is 0.590. The van der Waals surface area contributed by atoms with Crippen LogP contribution in [0.4, 0.5) is 5.95 Å². The van der Waals surface area contributed by atoms with Gasteiger partial charge in [0.25, 0.3) is 0 Å². The molecule has 0 spiro atoms. The number of anilines is 1. The van der Waals surface area contributed by atoms with Gasteiger partial charge >= 0.3 is 0 Å². The highest BCUT2D eigenvalue weighted by molar-refractivity contribution is 7.85. The summed E-state index contributed by atoms with van der Waals surface area (Å²) in [6, 6.07) is 0. The van der Waals surface area contributed by atoms with E-state index < -0.39 is 10.8 Å². The topological polar surface area (TPSA) is 103 Å². The van der Waals surface area contributed by atoms with E-state index in [4.69, 9.17) is 16.4 Å². The molecule has 144 valence electrons. The Morgan fingerprint density at radius 1 is 1.10 bits per heavy atom. The average molecular weight is 404 g/mol. The SMILES string of the molecule is C#Cc1cnc(C2=CCN(c3nc4c(c(-n5cnnc5)n3)[S@@](=O)CC4)CC2)nc1. The fourth-order valence-corrected chi connectivity index (χ4v) is 4.76. The molecule has 0 fully saturated rings. The Kier molecular flexibility index (Phi) is 4.37. The maximum Gasteiger partial charge on any atom is 0.227 e. The molecular weight excluding hydrogens is 388 g/mol. The van der Waals surface area contributed by atoms with Crippen molar-refractivity contribution in [3.63, 3.8) is 0 Å². The molecule has 10 heteroatoms. The monoisotopic (exact) mass is 404 g/mol. The predicted molar refractivity (Wildman–Crippen MR) is 107 cm³/mol. The van der Waals surface area contributed by atoms with Gasteiger partial charge in [-0.3, -0.25) is 8.78 Å². The van der Waals surface area contributed by atoms with Gasteiger partial charge < -0.3 is 4.90 Å². The van der Waals surface area contributed by atoms with Crippen molar-refractivity contribution in [2.24, 2.45) is 0 Å². The molecule has 1 atom stereocenters. The van der Waals surface area contributed by atoms with Crippen LogP contribution in [0, 0.1) is 12.3 Å². The van der Waals surface area contributed by atoms with Crippen LogP contribution in [0.2, 0.25) is 0 Å². The molecule has 9 nitrogen and oxygen atoms in total. The van der Waals surface area contributed by atoms with Gasteiger partial charge in [-0.25, -0.2) is 15.0 Å². The third kappa shape index (κ3) is 3.19. The van der Waals surface area contributed by atoms with E-state index >= 15 is 0 Å². The van der Waals surface area contributed by atoms with Crippen LogP contribution in [-0.4, -0.2) is 57.8 Å². The smallest absolute Gasteiger partial charge is 0.227 e. The van der Waals surface area contributed by atoms with Crippen molar-refractivity contribution in [2.45, 2.75) is 17.7 Å². The van der Waals surface area contributed by atoms with Crippen LogP contribution in [0.3, 0.4) is 0 Å². The lowest BCUT2D eigenvalue weighted by Gasteiger charge is -2.26. The van der Waals surface area contributed by atoms with Crippen LogP contribution in [0.15, 0.2) is 36.0 Å². The summed E-state index contributed by atoms with van der Waals surface area (Å²) in [4.78, 5) is 20.9. The summed E-state index contributed by atoms with van der Waals surface area (Å²) in [6.45, 7) is 1.37. The molecule has 5 rings (SSSR count). The van der Waals surface area contributed by atoms with Crippen molar-refractivity contribution in [1.29, 1.82) is 0 Å². The number of hydrogen-bond donors (Lipinski definition) is 0. The number of terminal acetylenes is 1. The zero-order valence-corrected chi connectivity index (χ0v) is 16.2. The van der Waals surface area contributed by atoms with E-state index in [1.54, 1.807) is 29.6 Å². The summed E-state index contributed by atoms with van der Waals surface area (Å²) in [5.74, 6) is 4.99. The molecule has 0 N–H and O–H groups in total. The Morgan fingerprint density at radius 2 is 1.90 bits per heavy atom. The zero-order valence-electron chi connectivity index (χ0n) is 15.4. The number of nitrogens with zero attached hydrogens (tertiary/aromatic N) is 8. The maximum atomic E-state index is 12.4. The highest BCUT2D eigenvalue weighted by Gasteiger charge is 2.28. The van der Waals surface area contributed by atoms with Crippen LogP contribution in [0.1, 0.15) is 23.5 Å². The Bertz CT molecular complexity index is 1160. The molecule has 3 aromatic rings. The Hall–Kier alpha value is -3.45. The Balaban J connectivity index is 1.45. The molecule has 0 aromatic carbocycles. The van der Waals surface area contributed by atoms with Gasteiger partial charge in [0.1, 0.15) is 17.6 Å². The van der Waals surface area contributed by atoms with Crippen molar-refractivity contribution >= 4 is 22.3 Å². The van der Waals surface area contributed by atoms with E-state index in [9.17, 15) is 4.21 Å².